The van der Waals surface area contributed by atoms with Gasteiger partial charge in [-0.3, -0.25) is 9.59 Å². The van der Waals surface area contributed by atoms with Crippen molar-refractivity contribution in [2.45, 2.75) is 19.8 Å². The average molecular weight is 334 g/mol. The van der Waals surface area contributed by atoms with E-state index in [9.17, 15) is 9.59 Å². The standard InChI is InChI=1S/C17H22N2O5/c1-11-8-13(11)17(21)19-5-4-16(20)18-6-7-22-12-2-3-14-15(9-12)24-10-23-14/h2-3,9,11,13H,4-8,10H2,1H3,(H,18,20)(H,19,21)/t11-,13-/m1/s1. The summed E-state index contributed by atoms with van der Waals surface area (Å²) in [6, 6.07) is 5.35. The van der Waals surface area contributed by atoms with Gasteiger partial charge in [0.1, 0.15) is 12.4 Å². The first kappa shape index (κ1) is 16.4. The van der Waals surface area contributed by atoms with E-state index in [2.05, 4.69) is 17.6 Å². The Morgan fingerprint density at radius 3 is 2.79 bits per heavy atom. The van der Waals surface area contributed by atoms with E-state index >= 15 is 0 Å². The van der Waals surface area contributed by atoms with Crippen molar-refractivity contribution in [3.63, 3.8) is 0 Å². The molecule has 0 aromatic heterocycles. The third kappa shape index (κ3) is 4.31. The quantitative estimate of drug-likeness (QED) is 0.695. The SMILES string of the molecule is C[C@@H]1C[C@H]1C(=O)NCCC(=O)NCCOc1ccc2c(c1)OCO2. The molecule has 1 heterocycles. The second-order valence-corrected chi connectivity index (χ2v) is 6.07. The van der Waals surface area contributed by atoms with Gasteiger partial charge in [0, 0.05) is 24.9 Å². The van der Waals surface area contributed by atoms with Gasteiger partial charge in [-0.2, -0.15) is 0 Å². The van der Waals surface area contributed by atoms with Crippen molar-refractivity contribution in [1.29, 1.82) is 0 Å². The Bertz CT molecular complexity index is 619. The van der Waals surface area contributed by atoms with Gasteiger partial charge in [-0.05, 0) is 24.5 Å². The van der Waals surface area contributed by atoms with Crippen molar-refractivity contribution in [2.75, 3.05) is 26.5 Å². The zero-order chi connectivity index (χ0) is 16.9. The molecule has 1 aromatic rings. The van der Waals surface area contributed by atoms with Crippen LogP contribution in [-0.2, 0) is 9.59 Å². The molecule has 1 aliphatic heterocycles. The molecule has 0 spiro atoms. The summed E-state index contributed by atoms with van der Waals surface area (Å²) in [4.78, 5) is 23.3. The normalized spacial score (nSPS) is 20.4. The summed E-state index contributed by atoms with van der Waals surface area (Å²) in [5.74, 6) is 2.61. The van der Waals surface area contributed by atoms with Crippen molar-refractivity contribution in [2.24, 2.45) is 11.8 Å². The van der Waals surface area contributed by atoms with E-state index in [0.717, 1.165) is 6.42 Å². The Kier molecular flexibility index (Phi) is 5.08. The Hall–Kier alpha value is -2.44. The first-order valence-electron chi connectivity index (χ1n) is 8.20. The molecule has 0 radical (unpaired) electrons. The molecule has 130 valence electrons. The summed E-state index contributed by atoms with van der Waals surface area (Å²) in [6.45, 7) is 3.41. The second-order valence-electron chi connectivity index (χ2n) is 6.07. The van der Waals surface area contributed by atoms with E-state index in [1.807, 2.05) is 0 Å². The van der Waals surface area contributed by atoms with Crippen LogP contribution in [0.5, 0.6) is 17.2 Å². The molecule has 0 unspecified atom stereocenters. The third-order valence-electron chi connectivity index (χ3n) is 4.13. The molecule has 0 saturated heterocycles. The average Bonchev–Trinajstić information content (AvgIpc) is 3.12. The van der Waals surface area contributed by atoms with Crippen molar-refractivity contribution in [1.82, 2.24) is 10.6 Å². The number of rotatable bonds is 8. The molecular weight excluding hydrogens is 312 g/mol. The van der Waals surface area contributed by atoms with Gasteiger partial charge in [0.25, 0.3) is 0 Å². The van der Waals surface area contributed by atoms with Gasteiger partial charge in [0.05, 0.1) is 6.54 Å². The lowest BCUT2D eigenvalue weighted by atomic mass is 10.3. The number of hydrogen-bond donors (Lipinski definition) is 2. The van der Waals surface area contributed by atoms with Gasteiger partial charge < -0.3 is 24.8 Å². The molecule has 1 fully saturated rings. The highest BCUT2D eigenvalue weighted by molar-refractivity contribution is 5.82. The van der Waals surface area contributed by atoms with E-state index in [4.69, 9.17) is 14.2 Å². The molecule has 7 nitrogen and oxygen atoms in total. The monoisotopic (exact) mass is 334 g/mol. The smallest absolute Gasteiger partial charge is 0.231 e. The van der Waals surface area contributed by atoms with Crippen LogP contribution in [0, 0.1) is 11.8 Å². The fraction of sp³-hybridized carbons (Fsp3) is 0.529. The van der Waals surface area contributed by atoms with Gasteiger partial charge in [-0.25, -0.2) is 0 Å². The summed E-state index contributed by atoms with van der Waals surface area (Å²) in [7, 11) is 0. The zero-order valence-electron chi connectivity index (χ0n) is 13.7. The van der Waals surface area contributed by atoms with Gasteiger partial charge in [-0.15, -0.1) is 0 Å². The highest BCUT2D eigenvalue weighted by Crippen LogP contribution is 2.37. The fourth-order valence-electron chi connectivity index (χ4n) is 2.53. The molecular formula is C17H22N2O5. The number of nitrogens with one attached hydrogen (secondary N) is 2. The van der Waals surface area contributed by atoms with E-state index in [0.29, 0.717) is 42.9 Å². The van der Waals surface area contributed by atoms with Gasteiger partial charge in [0.15, 0.2) is 11.5 Å². The summed E-state index contributed by atoms with van der Waals surface area (Å²) in [6.07, 6.45) is 1.23. The number of amides is 2. The Morgan fingerprint density at radius 2 is 2.00 bits per heavy atom. The number of ether oxygens (including phenoxy) is 3. The maximum atomic E-state index is 11.7. The molecule has 3 rings (SSSR count). The van der Waals surface area contributed by atoms with Crippen molar-refractivity contribution in [3.8, 4) is 17.2 Å². The first-order valence-corrected chi connectivity index (χ1v) is 8.20. The first-order chi connectivity index (χ1) is 11.6. The third-order valence-corrected chi connectivity index (χ3v) is 4.13. The van der Waals surface area contributed by atoms with Gasteiger partial charge in [-0.1, -0.05) is 6.92 Å². The van der Waals surface area contributed by atoms with Crippen molar-refractivity contribution < 1.29 is 23.8 Å². The van der Waals surface area contributed by atoms with Gasteiger partial charge >= 0.3 is 0 Å². The molecule has 0 bridgehead atoms. The van der Waals surface area contributed by atoms with Crippen LogP contribution < -0.4 is 24.8 Å². The van der Waals surface area contributed by atoms with E-state index < -0.39 is 0 Å². The Balaban J connectivity index is 1.26. The fourth-order valence-corrected chi connectivity index (χ4v) is 2.53. The maximum absolute atomic E-state index is 11.7. The van der Waals surface area contributed by atoms with Gasteiger partial charge in [0.2, 0.25) is 18.6 Å². The molecule has 2 amide bonds. The second kappa shape index (κ2) is 7.42. The van der Waals surface area contributed by atoms with Crippen LogP contribution >= 0.6 is 0 Å². The van der Waals surface area contributed by atoms with E-state index in [-0.39, 0.29) is 30.9 Å². The lowest BCUT2D eigenvalue weighted by Gasteiger charge is -2.09. The van der Waals surface area contributed by atoms with Crippen LogP contribution in [0.4, 0.5) is 0 Å². The predicted octanol–water partition coefficient (Wildman–Crippen LogP) is 1.07. The summed E-state index contributed by atoms with van der Waals surface area (Å²) in [5, 5.41) is 5.55. The number of carbonyl (C=O) groups is 2. The van der Waals surface area contributed by atoms with Crippen LogP contribution in [0.25, 0.3) is 0 Å². The molecule has 1 saturated carbocycles. The maximum Gasteiger partial charge on any atom is 0.231 e. The van der Waals surface area contributed by atoms with E-state index in [1.54, 1.807) is 18.2 Å². The summed E-state index contributed by atoms with van der Waals surface area (Å²) < 4.78 is 16.0. The predicted molar refractivity (Wildman–Crippen MR) is 86.0 cm³/mol. The van der Waals surface area contributed by atoms with Crippen molar-refractivity contribution >= 4 is 11.8 Å². The van der Waals surface area contributed by atoms with Crippen LogP contribution in [0.2, 0.25) is 0 Å². The number of hydrogen-bond acceptors (Lipinski definition) is 5. The Morgan fingerprint density at radius 1 is 1.21 bits per heavy atom. The highest BCUT2D eigenvalue weighted by atomic mass is 16.7. The van der Waals surface area contributed by atoms with Crippen molar-refractivity contribution in [3.05, 3.63) is 18.2 Å². The summed E-state index contributed by atoms with van der Waals surface area (Å²) in [5.41, 5.74) is 0. The number of carbonyl (C=O) groups excluding carboxylic acids is 2. The van der Waals surface area contributed by atoms with E-state index in [1.165, 1.54) is 0 Å². The minimum Gasteiger partial charge on any atom is -0.492 e. The molecule has 1 aromatic carbocycles. The highest BCUT2D eigenvalue weighted by Gasteiger charge is 2.38. The van der Waals surface area contributed by atoms with Crippen LogP contribution in [0.15, 0.2) is 18.2 Å². The largest absolute Gasteiger partial charge is 0.492 e. The molecule has 24 heavy (non-hydrogen) atoms. The number of benzene rings is 1. The van der Waals surface area contributed by atoms with Crippen LogP contribution in [-0.4, -0.2) is 38.3 Å². The topological polar surface area (TPSA) is 85.9 Å². The van der Waals surface area contributed by atoms with Crippen LogP contribution in [0.3, 0.4) is 0 Å². The molecule has 7 heteroatoms. The molecule has 1 aliphatic carbocycles. The molecule has 2 atom stereocenters. The Labute approximate surface area is 140 Å². The minimum atomic E-state index is -0.103. The zero-order valence-corrected chi connectivity index (χ0v) is 13.7. The summed E-state index contributed by atoms with van der Waals surface area (Å²) >= 11 is 0. The number of fused-ring (bicyclic) bond motifs is 1. The minimum absolute atomic E-state index is 0.0569. The lowest BCUT2D eigenvalue weighted by molar-refractivity contribution is -0.123. The van der Waals surface area contributed by atoms with Crippen LogP contribution in [0.1, 0.15) is 19.8 Å². The lowest BCUT2D eigenvalue weighted by Crippen LogP contribution is -2.33. The molecule has 2 N–H and O–H groups in total. The molecule has 2 aliphatic rings.